The molecule has 0 aliphatic carbocycles. The average Bonchev–Trinajstić information content (AvgIpc) is 2.92. The first kappa shape index (κ1) is 26.3. The third-order valence-corrected chi connectivity index (χ3v) is 6.36. The van der Waals surface area contributed by atoms with Gasteiger partial charge in [-0.05, 0) is 48.4 Å². The van der Waals surface area contributed by atoms with E-state index in [-0.39, 0.29) is 11.5 Å². The van der Waals surface area contributed by atoms with Crippen LogP contribution in [-0.2, 0) is 11.3 Å². The third-order valence-electron chi connectivity index (χ3n) is 6.36. The Balaban J connectivity index is 1.48. The summed E-state index contributed by atoms with van der Waals surface area (Å²) in [6.45, 7) is 5.25. The van der Waals surface area contributed by atoms with Crippen molar-refractivity contribution in [1.82, 2.24) is 10.2 Å². The van der Waals surface area contributed by atoms with Gasteiger partial charge in [-0.15, -0.1) is 0 Å². The van der Waals surface area contributed by atoms with Crippen molar-refractivity contribution in [2.45, 2.75) is 13.0 Å². The van der Waals surface area contributed by atoms with E-state index in [9.17, 15) is 14.0 Å². The molecule has 0 bridgehead atoms. The molecule has 1 aliphatic heterocycles. The predicted octanol–water partition coefficient (Wildman–Crippen LogP) is 4.17. The second kappa shape index (κ2) is 13.0. The lowest BCUT2D eigenvalue weighted by molar-refractivity contribution is 0.0947. The molecule has 194 valence electrons. The minimum atomic E-state index is -0.481. The Hall–Kier alpha value is -3.75. The molecule has 0 unspecified atom stereocenters. The molecule has 1 heterocycles. The maximum Gasteiger partial charge on any atom is 0.255 e. The zero-order valence-corrected chi connectivity index (χ0v) is 21.1. The molecule has 3 aromatic carbocycles. The normalized spacial score (nSPS) is 13.8. The van der Waals surface area contributed by atoms with Crippen molar-refractivity contribution in [3.05, 3.63) is 95.3 Å². The van der Waals surface area contributed by atoms with Crippen LogP contribution >= 0.6 is 0 Å². The van der Waals surface area contributed by atoms with Crippen LogP contribution in [-0.4, -0.2) is 63.2 Å². The number of nitrogens with one attached hydrogen (secondary N) is 2. The van der Waals surface area contributed by atoms with Crippen molar-refractivity contribution in [3.8, 4) is 0 Å². The van der Waals surface area contributed by atoms with Crippen molar-refractivity contribution in [1.29, 1.82) is 0 Å². The van der Waals surface area contributed by atoms with Gasteiger partial charge in [0.1, 0.15) is 5.82 Å². The average molecular weight is 505 g/mol. The van der Waals surface area contributed by atoms with Gasteiger partial charge in [0.2, 0.25) is 0 Å². The number of rotatable bonds is 10. The molecule has 37 heavy (non-hydrogen) atoms. The predicted molar refractivity (Wildman–Crippen MR) is 144 cm³/mol. The van der Waals surface area contributed by atoms with E-state index in [1.165, 1.54) is 23.8 Å². The van der Waals surface area contributed by atoms with Crippen LogP contribution in [0.25, 0.3) is 0 Å². The van der Waals surface area contributed by atoms with Crippen LogP contribution < -0.4 is 15.5 Å². The van der Waals surface area contributed by atoms with E-state index >= 15 is 0 Å². The number of halogens is 1. The van der Waals surface area contributed by atoms with E-state index in [1.807, 2.05) is 12.1 Å². The zero-order chi connectivity index (χ0) is 26.0. The van der Waals surface area contributed by atoms with Gasteiger partial charge in [-0.1, -0.05) is 36.4 Å². The van der Waals surface area contributed by atoms with Gasteiger partial charge in [-0.3, -0.25) is 14.5 Å². The SMILES string of the molecule is COCCCNC(=O)c1cc(NC(=O)c2cccc(F)c2)ccc1N1CCN(Cc2ccccc2)CC1. The van der Waals surface area contributed by atoms with E-state index in [0.29, 0.717) is 30.8 Å². The zero-order valence-electron chi connectivity index (χ0n) is 21.1. The summed E-state index contributed by atoms with van der Waals surface area (Å²) in [5.74, 6) is -1.13. The van der Waals surface area contributed by atoms with Gasteiger partial charge >= 0.3 is 0 Å². The molecule has 0 radical (unpaired) electrons. The van der Waals surface area contributed by atoms with Crippen molar-refractivity contribution < 1.29 is 18.7 Å². The molecule has 2 amide bonds. The Morgan fingerprint density at radius 2 is 1.70 bits per heavy atom. The second-order valence-corrected chi connectivity index (χ2v) is 9.05. The first-order valence-corrected chi connectivity index (χ1v) is 12.5. The van der Waals surface area contributed by atoms with E-state index in [0.717, 1.165) is 38.4 Å². The number of methoxy groups -OCH3 is 1. The third kappa shape index (κ3) is 7.38. The van der Waals surface area contributed by atoms with Crippen LogP contribution in [0.2, 0.25) is 0 Å². The fraction of sp³-hybridized carbons (Fsp3) is 0.310. The van der Waals surface area contributed by atoms with Gasteiger partial charge in [0.05, 0.1) is 5.56 Å². The molecule has 1 aliphatic rings. The first-order valence-electron chi connectivity index (χ1n) is 12.5. The standard InChI is InChI=1S/C29H33FN4O3/c1-37-18-6-13-31-29(36)26-20-25(32-28(35)23-9-5-10-24(30)19-23)11-12-27(26)34-16-14-33(15-17-34)21-22-7-3-2-4-8-22/h2-5,7-12,19-20H,6,13-18,21H2,1H3,(H,31,36)(H,32,35). The van der Waals surface area contributed by atoms with E-state index in [1.54, 1.807) is 25.3 Å². The van der Waals surface area contributed by atoms with Gasteiger partial charge < -0.3 is 20.3 Å². The number of anilines is 2. The van der Waals surface area contributed by atoms with Crippen LogP contribution in [0.5, 0.6) is 0 Å². The summed E-state index contributed by atoms with van der Waals surface area (Å²) in [5, 5.41) is 5.75. The Labute approximate surface area is 217 Å². The fourth-order valence-corrected chi connectivity index (χ4v) is 4.41. The highest BCUT2D eigenvalue weighted by atomic mass is 19.1. The van der Waals surface area contributed by atoms with Crippen molar-refractivity contribution >= 4 is 23.2 Å². The Morgan fingerprint density at radius 3 is 2.43 bits per heavy atom. The molecule has 7 nitrogen and oxygen atoms in total. The monoisotopic (exact) mass is 504 g/mol. The molecule has 0 atom stereocenters. The molecule has 8 heteroatoms. The first-order chi connectivity index (χ1) is 18.0. The smallest absolute Gasteiger partial charge is 0.255 e. The minimum absolute atomic E-state index is 0.209. The highest BCUT2D eigenvalue weighted by Crippen LogP contribution is 2.26. The molecule has 4 rings (SSSR count). The van der Waals surface area contributed by atoms with Crippen LogP contribution in [0, 0.1) is 5.82 Å². The van der Waals surface area contributed by atoms with Gasteiger partial charge in [0, 0.05) is 69.9 Å². The summed E-state index contributed by atoms with van der Waals surface area (Å²) < 4.78 is 18.6. The summed E-state index contributed by atoms with van der Waals surface area (Å²) >= 11 is 0. The van der Waals surface area contributed by atoms with Gasteiger partial charge in [0.15, 0.2) is 0 Å². The highest BCUT2D eigenvalue weighted by molar-refractivity contribution is 6.06. The number of ether oxygens (including phenoxy) is 1. The number of carbonyl (C=O) groups excluding carboxylic acids is 2. The number of hydrogen-bond donors (Lipinski definition) is 2. The topological polar surface area (TPSA) is 73.9 Å². The molecule has 0 saturated carbocycles. The van der Waals surface area contributed by atoms with E-state index < -0.39 is 11.7 Å². The molecular formula is C29H33FN4O3. The van der Waals surface area contributed by atoms with Gasteiger partial charge in [-0.25, -0.2) is 4.39 Å². The van der Waals surface area contributed by atoms with Gasteiger partial charge in [-0.2, -0.15) is 0 Å². The summed E-state index contributed by atoms with van der Waals surface area (Å²) in [5.41, 5.74) is 3.29. The highest BCUT2D eigenvalue weighted by Gasteiger charge is 2.22. The lowest BCUT2D eigenvalue weighted by Gasteiger charge is -2.37. The van der Waals surface area contributed by atoms with Crippen LogP contribution in [0.4, 0.5) is 15.8 Å². The maximum atomic E-state index is 13.6. The Morgan fingerprint density at radius 1 is 0.919 bits per heavy atom. The quantitative estimate of drug-likeness (QED) is 0.406. The summed E-state index contributed by atoms with van der Waals surface area (Å²) in [6.07, 6.45) is 0.700. The van der Waals surface area contributed by atoms with Crippen molar-refractivity contribution in [3.63, 3.8) is 0 Å². The molecule has 3 aromatic rings. The van der Waals surface area contributed by atoms with E-state index in [4.69, 9.17) is 4.74 Å². The molecular weight excluding hydrogens is 471 g/mol. The number of nitrogens with zero attached hydrogens (tertiary/aromatic N) is 2. The molecule has 0 aromatic heterocycles. The van der Waals surface area contributed by atoms with Crippen molar-refractivity contribution in [2.75, 3.05) is 56.7 Å². The van der Waals surface area contributed by atoms with Crippen LogP contribution in [0.15, 0.2) is 72.8 Å². The number of piperazine rings is 1. The summed E-state index contributed by atoms with van der Waals surface area (Å²) in [4.78, 5) is 30.5. The lowest BCUT2D eigenvalue weighted by atomic mass is 10.1. The van der Waals surface area contributed by atoms with Crippen LogP contribution in [0.3, 0.4) is 0 Å². The molecule has 0 spiro atoms. The number of hydrogen-bond acceptors (Lipinski definition) is 5. The summed E-state index contributed by atoms with van der Waals surface area (Å²) in [6, 6.07) is 21.2. The molecule has 2 N–H and O–H groups in total. The van der Waals surface area contributed by atoms with Crippen molar-refractivity contribution in [2.24, 2.45) is 0 Å². The number of carbonyl (C=O) groups is 2. The Bertz CT molecular complexity index is 1200. The number of benzene rings is 3. The van der Waals surface area contributed by atoms with E-state index in [2.05, 4.69) is 44.7 Å². The summed E-state index contributed by atoms with van der Waals surface area (Å²) in [7, 11) is 1.63. The number of amides is 2. The fourth-order valence-electron chi connectivity index (χ4n) is 4.41. The maximum absolute atomic E-state index is 13.6. The van der Waals surface area contributed by atoms with Crippen LogP contribution in [0.1, 0.15) is 32.7 Å². The largest absolute Gasteiger partial charge is 0.385 e. The lowest BCUT2D eigenvalue weighted by Crippen LogP contribution is -2.46. The minimum Gasteiger partial charge on any atom is -0.385 e. The second-order valence-electron chi connectivity index (χ2n) is 9.05. The van der Waals surface area contributed by atoms with Gasteiger partial charge in [0.25, 0.3) is 11.8 Å². The molecule has 1 fully saturated rings. The molecule has 1 saturated heterocycles. The Kier molecular flexibility index (Phi) is 9.24.